The second-order valence-corrected chi connectivity index (χ2v) is 8.31. The van der Waals surface area contributed by atoms with Crippen molar-refractivity contribution in [2.45, 2.75) is 26.4 Å². The molecule has 0 aliphatic carbocycles. The molecule has 148 valence electrons. The average molecular weight is 376 g/mol. The van der Waals surface area contributed by atoms with Crippen molar-refractivity contribution < 1.29 is 14.5 Å². The van der Waals surface area contributed by atoms with Crippen molar-refractivity contribution in [3.05, 3.63) is 34.4 Å². The lowest BCUT2D eigenvalue weighted by atomic mass is 9.98. The number of amides is 1. The Morgan fingerprint density at radius 3 is 2.26 bits per heavy atom. The van der Waals surface area contributed by atoms with Crippen LogP contribution in [0.1, 0.15) is 20.8 Å². The lowest BCUT2D eigenvalue weighted by Crippen LogP contribution is -2.55. The fraction of sp³-hybridized carbons (Fsp3) is 0.632. The number of ether oxygens (including phenoxy) is 1. The number of rotatable bonds is 4. The Morgan fingerprint density at radius 2 is 1.74 bits per heavy atom. The lowest BCUT2D eigenvalue weighted by molar-refractivity contribution is -0.384. The van der Waals surface area contributed by atoms with E-state index in [-0.39, 0.29) is 16.7 Å². The van der Waals surface area contributed by atoms with Crippen molar-refractivity contribution in [2.24, 2.45) is 5.92 Å². The van der Waals surface area contributed by atoms with Gasteiger partial charge in [0.1, 0.15) is 5.60 Å². The molecule has 0 bridgehead atoms. The fourth-order valence-corrected chi connectivity index (χ4v) is 3.49. The van der Waals surface area contributed by atoms with Crippen molar-refractivity contribution in [3.8, 4) is 0 Å². The van der Waals surface area contributed by atoms with Gasteiger partial charge in [0.2, 0.25) is 0 Å². The second-order valence-electron chi connectivity index (χ2n) is 8.31. The number of nitro benzene ring substituents is 1. The number of piperazine rings is 1. The summed E-state index contributed by atoms with van der Waals surface area (Å²) in [5.74, 6) is 0.591. The van der Waals surface area contributed by atoms with E-state index < -0.39 is 5.60 Å². The molecule has 0 unspecified atom stereocenters. The average Bonchev–Trinajstić information content (AvgIpc) is 2.57. The second kappa shape index (κ2) is 7.72. The molecular formula is C19H28N4O4. The molecule has 2 fully saturated rings. The molecule has 0 saturated carbocycles. The highest BCUT2D eigenvalue weighted by Gasteiger charge is 2.31. The highest BCUT2D eigenvalue weighted by molar-refractivity contribution is 5.68. The number of nitrogens with zero attached hydrogens (tertiary/aromatic N) is 4. The van der Waals surface area contributed by atoms with Gasteiger partial charge in [0.25, 0.3) is 5.69 Å². The first-order chi connectivity index (χ1) is 12.7. The molecule has 2 aliphatic heterocycles. The van der Waals surface area contributed by atoms with Crippen LogP contribution in [0.2, 0.25) is 0 Å². The first-order valence-electron chi connectivity index (χ1n) is 9.41. The molecular weight excluding hydrogens is 348 g/mol. The molecule has 0 spiro atoms. The minimum absolute atomic E-state index is 0.124. The molecule has 8 nitrogen and oxygen atoms in total. The zero-order valence-corrected chi connectivity index (χ0v) is 16.3. The van der Waals surface area contributed by atoms with E-state index in [1.54, 1.807) is 17.0 Å². The van der Waals surface area contributed by atoms with E-state index in [1.807, 2.05) is 32.9 Å². The van der Waals surface area contributed by atoms with Crippen molar-refractivity contribution in [3.63, 3.8) is 0 Å². The maximum absolute atomic E-state index is 12.1. The summed E-state index contributed by atoms with van der Waals surface area (Å²) >= 11 is 0. The zero-order valence-electron chi connectivity index (χ0n) is 16.3. The van der Waals surface area contributed by atoms with Crippen molar-refractivity contribution in [2.75, 3.05) is 50.7 Å². The lowest BCUT2D eigenvalue weighted by Gasteiger charge is -2.44. The summed E-state index contributed by atoms with van der Waals surface area (Å²) in [5.41, 5.74) is 0.701. The van der Waals surface area contributed by atoms with Gasteiger partial charge in [-0.2, -0.15) is 0 Å². The maximum Gasteiger partial charge on any atom is 0.410 e. The van der Waals surface area contributed by atoms with Crippen LogP contribution >= 0.6 is 0 Å². The third-order valence-corrected chi connectivity index (χ3v) is 4.92. The van der Waals surface area contributed by atoms with Crippen LogP contribution in [0.5, 0.6) is 0 Å². The molecule has 27 heavy (non-hydrogen) atoms. The molecule has 2 aliphatic rings. The quantitative estimate of drug-likeness (QED) is 0.594. The van der Waals surface area contributed by atoms with Crippen LogP contribution < -0.4 is 4.90 Å². The van der Waals surface area contributed by atoms with E-state index in [1.165, 1.54) is 0 Å². The fourth-order valence-electron chi connectivity index (χ4n) is 3.49. The smallest absolute Gasteiger partial charge is 0.410 e. The van der Waals surface area contributed by atoms with Crippen LogP contribution in [0.15, 0.2) is 24.3 Å². The van der Waals surface area contributed by atoms with Gasteiger partial charge in [0, 0.05) is 69.6 Å². The Bertz CT molecular complexity index is 672. The summed E-state index contributed by atoms with van der Waals surface area (Å²) in [4.78, 5) is 28.9. The summed E-state index contributed by atoms with van der Waals surface area (Å²) in [6, 6.07) is 6.74. The van der Waals surface area contributed by atoms with E-state index in [0.29, 0.717) is 19.0 Å². The van der Waals surface area contributed by atoms with Crippen LogP contribution in [0.25, 0.3) is 0 Å². The Hall–Kier alpha value is -2.35. The number of carbonyl (C=O) groups is 1. The van der Waals surface area contributed by atoms with Gasteiger partial charge in [-0.25, -0.2) is 4.79 Å². The summed E-state index contributed by atoms with van der Waals surface area (Å²) in [6.45, 7) is 11.7. The Labute approximate surface area is 159 Å². The van der Waals surface area contributed by atoms with E-state index in [2.05, 4.69) is 9.80 Å². The SMILES string of the molecule is CC(C)(C)OC(=O)N1CCN(CC2CN(c3ccc([N+](=O)[O-])cc3)C2)CC1. The predicted molar refractivity (Wildman–Crippen MR) is 103 cm³/mol. The molecule has 8 heteroatoms. The molecule has 2 heterocycles. The molecule has 1 aromatic rings. The van der Waals surface area contributed by atoms with Crippen LogP contribution in [0, 0.1) is 16.0 Å². The number of benzene rings is 1. The minimum atomic E-state index is -0.457. The first kappa shape index (κ1) is 19.4. The van der Waals surface area contributed by atoms with E-state index in [4.69, 9.17) is 4.74 Å². The van der Waals surface area contributed by atoms with Gasteiger partial charge < -0.3 is 14.5 Å². The van der Waals surface area contributed by atoms with E-state index in [9.17, 15) is 14.9 Å². The molecule has 1 aromatic carbocycles. The largest absolute Gasteiger partial charge is 0.444 e. The zero-order chi connectivity index (χ0) is 19.6. The summed E-state index contributed by atoms with van der Waals surface area (Å²) in [5, 5.41) is 10.7. The number of hydrogen-bond donors (Lipinski definition) is 0. The molecule has 0 N–H and O–H groups in total. The van der Waals surface area contributed by atoms with E-state index in [0.717, 1.165) is 38.4 Å². The molecule has 3 rings (SSSR count). The topological polar surface area (TPSA) is 79.2 Å². The van der Waals surface area contributed by atoms with Crippen LogP contribution in [0.3, 0.4) is 0 Å². The number of non-ortho nitro benzene ring substituents is 1. The summed E-state index contributed by atoms with van der Waals surface area (Å²) in [7, 11) is 0. The maximum atomic E-state index is 12.1. The number of nitro groups is 1. The van der Waals surface area contributed by atoms with Crippen LogP contribution in [-0.2, 0) is 4.74 Å². The Morgan fingerprint density at radius 1 is 1.15 bits per heavy atom. The summed E-state index contributed by atoms with van der Waals surface area (Å²) in [6.07, 6.45) is -0.227. The van der Waals surface area contributed by atoms with E-state index >= 15 is 0 Å². The van der Waals surface area contributed by atoms with Gasteiger partial charge in [-0.05, 0) is 32.9 Å². The first-order valence-corrected chi connectivity index (χ1v) is 9.41. The molecule has 0 aromatic heterocycles. The van der Waals surface area contributed by atoms with Crippen molar-refractivity contribution in [1.29, 1.82) is 0 Å². The molecule has 2 saturated heterocycles. The third kappa shape index (κ3) is 5.09. The Kier molecular flexibility index (Phi) is 5.55. The highest BCUT2D eigenvalue weighted by Crippen LogP contribution is 2.27. The van der Waals surface area contributed by atoms with Crippen LogP contribution in [0.4, 0.5) is 16.2 Å². The van der Waals surface area contributed by atoms with Gasteiger partial charge >= 0.3 is 6.09 Å². The summed E-state index contributed by atoms with van der Waals surface area (Å²) < 4.78 is 5.43. The third-order valence-electron chi connectivity index (χ3n) is 4.92. The Balaban J connectivity index is 1.39. The molecule has 0 atom stereocenters. The van der Waals surface area contributed by atoms with Crippen LogP contribution in [-0.4, -0.2) is 72.2 Å². The standard InChI is InChI=1S/C19H28N4O4/c1-19(2,3)27-18(24)21-10-8-20(9-11-21)12-15-13-22(14-15)16-4-6-17(7-5-16)23(25)26/h4-7,15H,8-14H2,1-3H3. The monoisotopic (exact) mass is 376 g/mol. The van der Waals surface area contributed by atoms with Crippen molar-refractivity contribution in [1.82, 2.24) is 9.80 Å². The van der Waals surface area contributed by atoms with Crippen molar-refractivity contribution >= 4 is 17.5 Å². The normalized spacial score (nSPS) is 18.9. The van der Waals surface area contributed by atoms with Gasteiger partial charge in [-0.15, -0.1) is 0 Å². The predicted octanol–water partition coefficient (Wildman–Crippen LogP) is 2.58. The number of carbonyl (C=O) groups excluding carboxylic acids is 1. The number of hydrogen-bond acceptors (Lipinski definition) is 6. The minimum Gasteiger partial charge on any atom is -0.444 e. The molecule has 1 amide bonds. The van der Waals surface area contributed by atoms with Gasteiger partial charge in [0.15, 0.2) is 0 Å². The highest BCUT2D eigenvalue weighted by atomic mass is 16.6. The van der Waals surface area contributed by atoms with Gasteiger partial charge in [-0.1, -0.05) is 0 Å². The molecule has 0 radical (unpaired) electrons. The van der Waals surface area contributed by atoms with Gasteiger partial charge in [-0.3, -0.25) is 15.0 Å². The van der Waals surface area contributed by atoms with Gasteiger partial charge in [0.05, 0.1) is 4.92 Å². The number of anilines is 1.